The molecule has 8 heteroatoms. The molecule has 4 N–H and O–H groups in total. The monoisotopic (exact) mass is 394 g/mol. The van der Waals surface area contributed by atoms with E-state index in [9.17, 15) is 9.18 Å². The molecule has 0 bridgehead atoms. The third-order valence-corrected chi connectivity index (χ3v) is 4.47. The molecule has 1 aliphatic heterocycles. The summed E-state index contributed by atoms with van der Waals surface area (Å²) >= 11 is 0. The number of guanidine groups is 1. The van der Waals surface area contributed by atoms with Gasteiger partial charge in [-0.3, -0.25) is 9.79 Å². The lowest BCUT2D eigenvalue weighted by molar-refractivity contribution is -0.121. The number of carbonyl (C=O) groups is 1. The molecule has 156 valence electrons. The number of ether oxygens (including phenoxy) is 2. The van der Waals surface area contributed by atoms with Crippen LogP contribution >= 0.6 is 0 Å². The van der Waals surface area contributed by atoms with Gasteiger partial charge in [-0.1, -0.05) is 12.1 Å². The molecule has 2 atom stereocenters. The molecule has 1 saturated heterocycles. The highest BCUT2D eigenvalue weighted by atomic mass is 19.1. The van der Waals surface area contributed by atoms with E-state index in [0.717, 1.165) is 25.0 Å². The lowest BCUT2D eigenvalue weighted by Crippen LogP contribution is -2.39. The third kappa shape index (κ3) is 8.22. The van der Waals surface area contributed by atoms with Crippen LogP contribution in [0.5, 0.6) is 0 Å². The molecule has 2 unspecified atom stereocenters. The molecule has 1 aromatic rings. The van der Waals surface area contributed by atoms with E-state index in [4.69, 9.17) is 15.2 Å². The quantitative estimate of drug-likeness (QED) is 0.298. The second-order valence-electron chi connectivity index (χ2n) is 6.79. The van der Waals surface area contributed by atoms with Gasteiger partial charge >= 0.3 is 0 Å². The van der Waals surface area contributed by atoms with Crippen LogP contribution < -0.4 is 16.4 Å². The predicted octanol–water partition coefficient (Wildman–Crippen LogP) is 1.22. The number of amides is 1. The number of nitrogens with two attached hydrogens (primary N) is 1. The molecule has 0 aromatic heterocycles. The Morgan fingerprint density at radius 3 is 2.82 bits per heavy atom. The zero-order valence-electron chi connectivity index (χ0n) is 16.5. The van der Waals surface area contributed by atoms with Gasteiger partial charge in [0.2, 0.25) is 5.91 Å². The summed E-state index contributed by atoms with van der Waals surface area (Å²) in [6.07, 6.45) is 2.44. The molecule has 0 radical (unpaired) electrons. The fourth-order valence-corrected chi connectivity index (χ4v) is 2.88. The molecule has 1 amide bonds. The standard InChI is InChI=1S/C20H31FN4O3/c1-2-23-20(24-9-3-10-28-18-8-11-27-14-18)25-13-16(19(22)26)12-15-4-6-17(21)7-5-15/h4-7,16,18H,2-3,8-14H2,1H3,(H2,22,26)(H2,23,24,25). The average Bonchev–Trinajstić information content (AvgIpc) is 3.19. The first kappa shape index (κ1) is 22.1. The van der Waals surface area contributed by atoms with Crippen LogP contribution in [0.2, 0.25) is 0 Å². The van der Waals surface area contributed by atoms with E-state index in [-0.39, 0.29) is 18.5 Å². The summed E-state index contributed by atoms with van der Waals surface area (Å²) < 4.78 is 24.1. The van der Waals surface area contributed by atoms with E-state index in [2.05, 4.69) is 15.6 Å². The summed E-state index contributed by atoms with van der Waals surface area (Å²) in [4.78, 5) is 16.3. The fourth-order valence-electron chi connectivity index (χ4n) is 2.88. The Morgan fingerprint density at radius 2 is 2.18 bits per heavy atom. The maximum Gasteiger partial charge on any atom is 0.222 e. The average molecular weight is 394 g/mol. The number of rotatable bonds is 11. The van der Waals surface area contributed by atoms with Crippen molar-refractivity contribution >= 4 is 11.9 Å². The smallest absolute Gasteiger partial charge is 0.222 e. The van der Waals surface area contributed by atoms with E-state index >= 15 is 0 Å². The van der Waals surface area contributed by atoms with Gasteiger partial charge in [0.15, 0.2) is 5.96 Å². The minimum Gasteiger partial charge on any atom is -0.379 e. The van der Waals surface area contributed by atoms with Crippen molar-refractivity contribution in [3.05, 3.63) is 35.6 Å². The zero-order valence-corrected chi connectivity index (χ0v) is 16.5. The lowest BCUT2D eigenvalue weighted by atomic mass is 9.99. The number of nitrogens with zero attached hydrogens (tertiary/aromatic N) is 1. The van der Waals surface area contributed by atoms with Crippen molar-refractivity contribution < 1.29 is 18.7 Å². The lowest BCUT2D eigenvalue weighted by Gasteiger charge is -2.15. The minimum atomic E-state index is -0.452. The van der Waals surface area contributed by atoms with Gasteiger partial charge in [0.25, 0.3) is 0 Å². The van der Waals surface area contributed by atoms with Crippen LogP contribution in [0.1, 0.15) is 25.3 Å². The van der Waals surface area contributed by atoms with Crippen molar-refractivity contribution in [1.29, 1.82) is 0 Å². The van der Waals surface area contributed by atoms with Crippen molar-refractivity contribution in [3.63, 3.8) is 0 Å². The first-order valence-electron chi connectivity index (χ1n) is 9.83. The number of halogens is 1. The third-order valence-electron chi connectivity index (χ3n) is 4.47. The van der Waals surface area contributed by atoms with Crippen molar-refractivity contribution in [2.45, 2.75) is 32.3 Å². The SMILES string of the molecule is CCNC(=NCC(Cc1ccc(F)cc1)C(N)=O)NCCCOC1CCOC1. The minimum absolute atomic E-state index is 0.213. The summed E-state index contributed by atoms with van der Waals surface area (Å²) in [5.74, 6) is -0.541. The number of carbonyl (C=O) groups excluding carboxylic acids is 1. The van der Waals surface area contributed by atoms with E-state index in [0.29, 0.717) is 38.7 Å². The number of aliphatic imine (C=N–C) groups is 1. The second-order valence-corrected chi connectivity index (χ2v) is 6.79. The van der Waals surface area contributed by atoms with Gasteiger partial charge in [0.05, 0.1) is 25.2 Å². The molecule has 1 heterocycles. The molecule has 7 nitrogen and oxygen atoms in total. The molecule has 2 rings (SSSR count). The summed E-state index contributed by atoms with van der Waals surface area (Å²) in [7, 11) is 0. The van der Waals surface area contributed by atoms with Gasteiger partial charge in [-0.2, -0.15) is 0 Å². The summed E-state index contributed by atoms with van der Waals surface area (Å²) in [5, 5.41) is 6.39. The van der Waals surface area contributed by atoms with E-state index in [1.807, 2.05) is 6.92 Å². The highest BCUT2D eigenvalue weighted by Gasteiger charge is 2.17. The van der Waals surface area contributed by atoms with Crippen molar-refractivity contribution in [3.8, 4) is 0 Å². The van der Waals surface area contributed by atoms with Crippen LogP contribution in [-0.4, -0.2) is 57.4 Å². The van der Waals surface area contributed by atoms with Crippen molar-refractivity contribution in [2.24, 2.45) is 16.6 Å². The van der Waals surface area contributed by atoms with Gasteiger partial charge in [-0.05, 0) is 43.9 Å². The number of hydrogen-bond donors (Lipinski definition) is 3. The van der Waals surface area contributed by atoms with E-state index < -0.39 is 11.8 Å². The molecular weight excluding hydrogens is 363 g/mol. The Labute approximate surface area is 165 Å². The van der Waals surface area contributed by atoms with E-state index in [1.54, 1.807) is 12.1 Å². The first-order valence-corrected chi connectivity index (χ1v) is 9.83. The topological polar surface area (TPSA) is 98.0 Å². The maximum atomic E-state index is 13.0. The number of primary amides is 1. The van der Waals surface area contributed by atoms with Crippen LogP contribution in [0.15, 0.2) is 29.3 Å². The first-order chi connectivity index (χ1) is 13.6. The van der Waals surface area contributed by atoms with Crippen LogP contribution in [-0.2, 0) is 20.7 Å². The van der Waals surface area contributed by atoms with Crippen LogP contribution in [0.4, 0.5) is 4.39 Å². The molecule has 1 aliphatic rings. The van der Waals surface area contributed by atoms with Crippen LogP contribution in [0.25, 0.3) is 0 Å². The molecule has 0 saturated carbocycles. The molecule has 1 aromatic carbocycles. The van der Waals surface area contributed by atoms with Crippen molar-refractivity contribution in [1.82, 2.24) is 10.6 Å². The number of hydrogen-bond acceptors (Lipinski definition) is 4. The Bertz CT molecular complexity index is 618. The summed E-state index contributed by atoms with van der Waals surface area (Å²) in [6.45, 7) is 5.77. The molecular formula is C20H31FN4O3. The Morgan fingerprint density at radius 1 is 1.39 bits per heavy atom. The highest BCUT2D eigenvalue weighted by Crippen LogP contribution is 2.11. The predicted molar refractivity (Wildman–Crippen MR) is 107 cm³/mol. The van der Waals surface area contributed by atoms with E-state index in [1.165, 1.54) is 12.1 Å². The molecule has 0 spiro atoms. The largest absolute Gasteiger partial charge is 0.379 e. The molecule has 28 heavy (non-hydrogen) atoms. The van der Waals surface area contributed by atoms with Crippen LogP contribution in [0, 0.1) is 11.7 Å². The number of nitrogens with one attached hydrogen (secondary N) is 2. The molecule has 0 aliphatic carbocycles. The Hall–Kier alpha value is -2.19. The highest BCUT2D eigenvalue weighted by molar-refractivity contribution is 5.81. The van der Waals surface area contributed by atoms with Gasteiger partial charge in [0.1, 0.15) is 5.82 Å². The number of benzene rings is 1. The van der Waals surface area contributed by atoms with Gasteiger partial charge in [-0.15, -0.1) is 0 Å². The van der Waals surface area contributed by atoms with Gasteiger partial charge < -0.3 is 25.8 Å². The molecule has 1 fully saturated rings. The Balaban J connectivity index is 1.78. The summed E-state index contributed by atoms with van der Waals surface area (Å²) in [6, 6.07) is 6.08. The van der Waals surface area contributed by atoms with Gasteiger partial charge in [0, 0.05) is 26.3 Å². The fraction of sp³-hybridized carbons (Fsp3) is 0.600. The summed E-state index contributed by atoms with van der Waals surface area (Å²) in [5.41, 5.74) is 6.38. The maximum absolute atomic E-state index is 13.0. The van der Waals surface area contributed by atoms with Crippen LogP contribution in [0.3, 0.4) is 0 Å². The van der Waals surface area contributed by atoms with Gasteiger partial charge in [-0.25, -0.2) is 4.39 Å². The Kier molecular flexibility index (Phi) is 9.71. The van der Waals surface area contributed by atoms with Crippen molar-refractivity contribution in [2.75, 3.05) is 39.5 Å². The normalized spacial score (nSPS) is 18.1. The second kappa shape index (κ2) is 12.3. The zero-order chi connectivity index (χ0) is 20.2.